The van der Waals surface area contributed by atoms with Gasteiger partial charge in [-0.2, -0.15) is 0 Å². The molecule has 0 aliphatic rings. The van der Waals surface area contributed by atoms with Crippen molar-refractivity contribution in [1.29, 1.82) is 0 Å². The van der Waals surface area contributed by atoms with Gasteiger partial charge in [-0.15, -0.1) is 0 Å². The summed E-state index contributed by atoms with van der Waals surface area (Å²) < 4.78 is 11.0. The average Bonchev–Trinajstić information content (AvgIpc) is 2.83. The minimum absolute atomic E-state index is 0.231. The highest BCUT2D eigenvalue weighted by atomic mass is 35.5. The number of nitrogens with one attached hydrogen (secondary N) is 2. The third kappa shape index (κ3) is 5.02. The van der Waals surface area contributed by atoms with E-state index in [1.807, 2.05) is 13.0 Å². The van der Waals surface area contributed by atoms with E-state index in [-0.39, 0.29) is 12.3 Å². The fourth-order valence-corrected chi connectivity index (χ4v) is 2.80. The van der Waals surface area contributed by atoms with Crippen molar-refractivity contribution in [2.45, 2.75) is 40.5 Å². The van der Waals surface area contributed by atoms with Crippen LogP contribution in [0.15, 0.2) is 22.6 Å². The molecule has 0 radical (unpaired) electrons. The zero-order valence-electron chi connectivity index (χ0n) is 15.4. The maximum atomic E-state index is 12.2. The summed E-state index contributed by atoms with van der Waals surface area (Å²) in [4.78, 5) is 24.0. The van der Waals surface area contributed by atoms with Crippen molar-refractivity contribution in [3.05, 3.63) is 51.4 Å². The molecule has 2 rings (SSSR count). The third-order valence-electron chi connectivity index (χ3n) is 4.05. The summed E-state index contributed by atoms with van der Waals surface area (Å²) in [6, 6.07) is 5.38. The van der Waals surface area contributed by atoms with E-state index in [9.17, 15) is 9.59 Å². The Kier molecular flexibility index (Phi) is 6.69. The van der Waals surface area contributed by atoms with Crippen LogP contribution in [-0.2, 0) is 4.79 Å². The van der Waals surface area contributed by atoms with Crippen molar-refractivity contribution < 1.29 is 18.7 Å². The lowest BCUT2D eigenvalue weighted by Crippen LogP contribution is -2.42. The first kappa shape index (κ1) is 19.8. The van der Waals surface area contributed by atoms with Gasteiger partial charge in [-0.05, 0) is 57.9 Å². The molecule has 140 valence electrons. The van der Waals surface area contributed by atoms with Crippen LogP contribution < -0.4 is 15.6 Å². The Morgan fingerprint density at radius 3 is 2.46 bits per heavy atom. The normalized spacial score (nSPS) is 10.5. The van der Waals surface area contributed by atoms with Crippen LogP contribution in [0.4, 0.5) is 0 Å². The summed E-state index contributed by atoms with van der Waals surface area (Å²) in [6.45, 7) is 7.61. The standard InChI is InChI=1S/C19H23ClN2O4/c1-11-10-15(20)7-8-16(11)25-9-5-6-17(23)21-22-19(24)18-12(2)13(3)26-14(18)4/h7-8,10H,5-6,9H2,1-4H3,(H,21,23)(H,22,24). The number of hydrogen-bond donors (Lipinski definition) is 2. The fourth-order valence-electron chi connectivity index (χ4n) is 2.57. The Labute approximate surface area is 157 Å². The fraction of sp³-hybridized carbons (Fsp3) is 0.368. The second-order valence-corrected chi connectivity index (χ2v) is 6.52. The number of aryl methyl sites for hydroxylation is 3. The average molecular weight is 379 g/mol. The molecule has 1 heterocycles. The molecule has 7 heteroatoms. The van der Waals surface area contributed by atoms with E-state index in [0.717, 1.165) is 16.9 Å². The second-order valence-electron chi connectivity index (χ2n) is 6.08. The lowest BCUT2D eigenvalue weighted by Gasteiger charge is -2.10. The van der Waals surface area contributed by atoms with Crippen molar-refractivity contribution in [2.24, 2.45) is 0 Å². The maximum absolute atomic E-state index is 12.2. The predicted octanol–water partition coefficient (Wildman–Crippen LogP) is 3.79. The van der Waals surface area contributed by atoms with E-state index in [0.29, 0.717) is 35.1 Å². The van der Waals surface area contributed by atoms with E-state index < -0.39 is 5.91 Å². The second kappa shape index (κ2) is 8.76. The number of halogens is 1. The molecule has 26 heavy (non-hydrogen) atoms. The molecule has 0 unspecified atom stereocenters. The molecule has 0 aliphatic carbocycles. The van der Waals surface area contributed by atoms with Crippen LogP contribution in [0.3, 0.4) is 0 Å². The molecule has 2 aromatic rings. The summed E-state index contributed by atoms with van der Waals surface area (Å²) in [7, 11) is 0. The van der Waals surface area contributed by atoms with Gasteiger partial charge in [0.15, 0.2) is 0 Å². The first-order valence-corrected chi connectivity index (χ1v) is 8.72. The van der Waals surface area contributed by atoms with Gasteiger partial charge in [0.05, 0.1) is 12.2 Å². The van der Waals surface area contributed by atoms with E-state index in [1.54, 1.807) is 32.9 Å². The first-order chi connectivity index (χ1) is 12.3. The number of amides is 2. The van der Waals surface area contributed by atoms with Crippen LogP contribution in [-0.4, -0.2) is 18.4 Å². The van der Waals surface area contributed by atoms with Crippen LogP contribution >= 0.6 is 11.6 Å². The first-order valence-electron chi connectivity index (χ1n) is 8.34. The van der Waals surface area contributed by atoms with Gasteiger partial charge in [-0.25, -0.2) is 0 Å². The van der Waals surface area contributed by atoms with E-state index in [2.05, 4.69) is 10.9 Å². The van der Waals surface area contributed by atoms with Gasteiger partial charge in [-0.3, -0.25) is 20.4 Å². The Morgan fingerprint density at radius 2 is 1.85 bits per heavy atom. The van der Waals surface area contributed by atoms with Crippen molar-refractivity contribution in [3.63, 3.8) is 0 Å². The lowest BCUT2D eigenvalue weighted by atomic mass is 10.1. The molecule has 0 fully saturated rings. The smallest absolute Gasteiger partial charge is 0.273 e. The molecule has 1 aromatic heterocycles. The molecule has 0 saturated heterocycles. The minimum atomic E-state index is -0.391. The predicted molar refractivity (Wildman–Crippen MR) is 99.4 cm³/mol. The SMILES string of the molecule is Cc1cc(Cl)ccc1OCCCC(=O)NNC(=O)c1c(C)oc(C)c1C. The van der Waals surface area contributed by atoms with Gasteiger partial charge in [-0.1, -0.05) is 11.6 Å². The number of carbonyl (C=O) groups excluding carboxylic acids is 2. The quantitative estimate of drug-likeness (QED) is 0.592. The van der Waals surface area contributed by atoms with Gasteiger partial charge in [0.25, 0.3) is 5.91 Å². The summed E-state index contributed by atoms with van der Waals surface area (Å²) in [5.41, 5.74) is 6.98. The highest BCUT2D eigenvalue weighted by Crippen LogP contribution is 2.22. The molecular formula is C19H23ClN2O4. The van der Waals surface area contributed by atoms with Crippen LogP contribution in [0.5, 0.6) is 5.75 Å². The van der Waals surface area contributed by atoms with Gasteiger partial charge in [0, 0.05) is 17.0 Å². The molecule has 2 N–H and O–H groups in total. The van der Waals surface area contributed by atoms with Gasteiger partial charge < -0.3 is 9.15 Å². The number of hydrogen-bond acceptors (Lipinski definition) is 4. The van der Waals surface area contributed by atoms with Crippen LogP contribution in [0.1, 0.15) is 45.8 Å². The largest absolute Gasteiger partial charge is 0.493 e. The van der Waals surface area contributed by atoms with E-state index in [1.165, 1.54) is 0 Å². The lowest BCUT2D eigenvalue weighted by molar-refractivity contribution is -0.122. The third-order valence-corrected chi connectivity index (χ3v) is 4.28. The molecular weight excluding hydrogens is 356 g/mol. The molecule has 1 aromatic carbocycles. The van der Waals surface area contributed by atoms with Crippen molar-refractivity contribution in [3.8, 4) is 5.75 Å². The summed E-state index contributed by atoms with van der Waals surface area (Å²) >= 11 is 5.90. The number of benzene rings is 1. The number of hydrazine groups is 1. The molecule has 0 bridgehead atoms. The van der Waals surface area contributed by atoms with Crippen LogP contribution in [0, 0.1) is 27.7 Å². The highest BCUT2D eigenvalue weighted by Gasteiger charge is 2.18. The zero-order valence-corrected chi connectivity index (χ0v) is 16.1. The number of ether oxygens (including phenoxy) is 1. The molecule has 2 amide bonds. The van der Waals surface area contributed by atoms with Crippen LogP contribution in [0.2, 0.25) is 5.02 Å². The monoisotopic (exact) mass is 378 g/mol. The molecule has 0 aliphatic heterocycles. The van der Waals surface area contributed by atoms with Crippen molar-refractivity contribution >= 4 is 23.4 Å². The number of furan rings is 1. The molecule has 0 atom stereocenters. The topological polar surface area (TPSA) is 80.6 Å². The van der Waals surface area contributed by atoms with Crippen molar-refractivity contribution in [2.75, 3.05) is 6.61 Å². The van der Waals surface area contributed by atoms with Crippen molar-refractivity contribution in [1.82, 2.24) is 10.9 Å². The van der Waals surface area contributed by atoms with Crippen LogP contribution in [0.25, 0.3) is 0 Å². The molecule has 0 spiro atoms. The number of carbonyl (C=O) groups is 2. The van der Waals surface area contributed by atoms with Gasteiger partial charge >= 0.3 is 0 Å². The Bertz CT molecular complexity index is 814. The highest BCUT2D eigenvalue weighted by molar-refractivity contribution is 6.30. The molecule has 0 saturated carbocycles. The molecule has 6 nitrogen and oxygen atoms in total. The zero-order chi connectivity index (χ0) is 19.3. The Balaban J connectivity index is 1.73. The Morgan fingerprint density at radius 1 is 1.12 bits per heavy atom. The minimum Gasteiger partial charge on any atom is -0.493 e. The summed E-state index contributed by atoms with van der Waals surface area (Å²) in [5, 5.41) is 0.656. The number of rotatable bonds is 6. The van der Waals surface area contributed by atoms with Gasteiger partial charge in [0.2, 0.25) is 5.91 Å². The van der Waals surface area contributed by atoms with Gasteiger partial charge in [0.1, 0.15) is 17.3 Å². The maximum Gasteiger partial charge on any atom is 0.273 e. The van der Waals surface area contributed by atoms with E-state index in [4.69, 9.17) is 20.8 Å². The summed E-state index contributed by atoms with van der Waals surface area (Å²) in [6.07, 6.45) is 0.752. The summed E-state index contributed by atoms with van der Waals surface area (Å²) in [5.74, 6) is 1.28. The Hall–Kier alpha value is -2.47. The van der Waals surface area contributed by atoms with E-state index >= 15 is 0 Å².